The van der Waals surface area contributed by atoms with Gasteiger partial charge in [0, 0.05) is 44.2 Å². The molecule has 1 aliphatic heterocycles. The maximum Gasteiger partial charge on any atom is 0.246 e. The predicted octanol–water partition coefficient (Wildman–Crippen LogP) is 4.78. The first-order chi connectivity index (χ1) is 16.5. The molecule has 0 N–H and O–H groups in total. The molecule has 0 radical (unpaired) electrons. The van der Waals surface area contributed by atoms with Gasteiger partial charge in [0.2, 0.25) is 5.91 Å². The van der Waals surface area contributed by atoms with E-state index in [9.17, 15) is 9.18 Å². The number of aromatic nitrogens is 1. The van der Waals surface area contributed by atoms with Gasteiger partial charge in [0.1, 0.15) is 17.8 Å². The van der Waals surface area contributed by atoms with Crippen LogP contribution in [0.25, 0.3) is 6.08 Å². The third-order valence-electron chi connectivity index (χ3n) is 5.88. The van der Waals surface area contributed by atoms with Crippen molar-refractivity contribution in [1.29, 1.82) is 0 Å². The van der Waals surface area contributed by atoms with E-state index in [-0.39, 0.29) is 17.6 Å². The number of carbonyl (C=O) groups is 1. The van der Waals surface area contributed by atoms with Crippen molar-refractivity contribution in [3.8, 4) is 5.75 Å². The SMILES string of the molecule is CN(Cc1ccc(OC[C@H]2CCCN(C(=O)/C=C/c3cccc(F)c3)C2)cc1)Cc1ccon1. The minimum Gasteiger partial charge on any atom is -0.493 e. The van der Waals surface area contributed by atoms with E-state index in [1.165, 1.54) is 23.8 Å². The normalized spacial score (nSPS) is 16.3. The zero-order valence-electron chi connectivity index (χ0n) is 19.4. The Balaban J connectivity index is 1.22. The zero-order chi connectivity index (χ0) is 23.8. The molecule has 1 aliphatic rings. The molecule has 0 saturated carbocycles. The second kappa shape index (κ2) is 11.6. The van der Waals surface area contributed by atoms with Gasteiger partial charge in [-0.05, 0) is 61.4 Å². The summed E-state index contributed by atoms with van der Waals surface area (Å²) in [5.74, 6) is 0.760. The molecule has 1 atom stereocenters. The average molecular weight is 464 g/mol. The molecular weight excluding hydrogens is 433 g/mol. The van der Waals surface area contributed by atoms with E-state index in [1.807, 2.05) is 30.1 Å². The van der Waals surface area contributed by atoms with Crippen molar-refractivity contribution < 1.29 is 18.4 Å². The molecule has 1 amide bonds. The second-order valence-electron chi connectivity index (χ2n) is 8.80. The summed E-state index contributed by atoms with van der Waals surface area (Å²) in [5.41, 5.74) is 2.78. The highest BCUT2D eigenvalue weighted by Gasteiger charge is 2.23. The number of halogens is 1. The van der Waals surface area contributed by atoms with Crippen molar-refractivity contribution in [1.82, 2.24) is 15.0 Å². The molecular formula is C27H30FN3O3. The topological polar surface area (TPSA) is 58.8 Å². The molecule has 1 fully saturated rings. The third kappa shape index (κ3) is 7.02. The van der Waals surface area contributed by atoms with Gasteiger partial charge in [0.25, 0.3) is 0 Å². The number of likely N-dealkylation sites (tertiary alicyclic amines) is 1. The highest BCUT2D eigenvalue weighted by Crippen LogP contribution is 2.20. The Morgan fingerprint density at radius 1 is 1.24 bits per heavy atom. The first-order valence-corrected chi connectivity index (χ1v) is 11.6. The summed E-state index contributed by atoms with van der Waals surface area (Å²) in [7, 11) is 2.04. The number of amides is 1. The van der Waals surface area contributed by atoms with E-state index in [0.29, 0.717) is 18.7 Å². The van der Waals surface area contributed by atoms with Crippen LogP contribution in [-0.2, 0) is 17.9 Å². The minimum atomic E-state index is -0.309. The van der Waals surface area contributed by atoms with Gasteiger partial charge in [0.05, 0.1) is 12.3 Å². The average Bonchev–Trinajstić information content (AvgIpc) is 3.35. The number of hydrogen-bond donors (Lipinski definition) is 0. The van der Waals surface area contributed by atoms with Crippen LogP contribution in [0.3, 0.4) is 0 Å². The first kappa shape index (κ1) is 23.7. The summed E-state index contributed by atoms with van der Waals surface area (Å²) in [6.07, 6.45) is 6.75. The summed E-state index contributed by atoms with van der Waals surface area (Å²) < 4.78 is 24.2. The lowest BCUT2D eigenvalue weighted by atomic mass is 9.99. The number of hydrogen-bond acceptors (Lipinski definition) is 5. The van der Waals surface area contributed by atoms with Gasteiger partial charge in [-0.15, -0.1) is 0 Å². The molecule has 0 aliphatic carbocycles. The van der Waals surface area contributed by atoms with Crippen molar-refractivity contribution in [2.24, 2.45) is 5.92 Å². The zero-order valence-corrected chi connectivity index (χ0v) is 19.4. The lowest BCUT2D eigenvalue weighted by molar-refractivity contribution is -0.127. The summed E-state index contributed by atoms with van der Waals surface area (Å²) in [6.45, 7) is 3.50. The van der Waals surface area contributed by atoms with E-state index in [0.717, 1.165) is 43.9 Å². The maximum absolute atomic E-state index is 13.3. The van der Waals surface area contributed by atoms with Gasteiger partial charge in [0.15, 0.2) is 0 Å². The molecule has 2 aromatic carbocycles. The quantitative estimate of drug-likeness (QED) is 0.428. The largest absolute Gasteiger partial charge is 0.493 e. The van der Waals surface area contributed by atoms with Gasteiger partial charge in [-0.2, -0.15) is 0 Å². The first-order valence-electron chi connectivity index (χ1n) is 11.6. The third-order valence-corrected chi connectivity index (χ3v) is 5.88. The molecule has 1 aromatic heterocycles. The highest BCUT2D eigenvalue weighted by molar-refractivity contribution is 5.91. The fraction of sp³-hybridized carbons (Fsp3) is 0.333. The van der Waals surface area contributed by atoms with E-state index in [2.05, 4.69) is 22.2 Å². The van der Waals surface area contributed by atoms with E-state index in [1.54, 1.807) is 24.5 Å². The molecule has 1 saturated heterocycles. The van der Waals surface area contributed by atoms with Gasteiger partial charge in [-0.25, -0.2) is 4.39 Å². The standard InChI is InChI=1S/C27H30FN3O3/c1-30(19-25-13-15-34-29-25)17-22-7-10-26(11-8-22)33-20-23-5-3-14-31(18-23)27(32)12-9-21-4-2-6-24(28)16-21/h2,4,6-13,15-16,23H,3,5,14,17-20H2,1H3/b12-9+/t23-/m0/s1. The maximum atomic E-state index is 13.3. The Kier molecular flexibility index (Phi) is 8.09. The smallest absolute Gasteiger partial charge is 0.246 e. The summed E-state index contributed by atoms with van der Waals surface area (Å²) >= 11 is 0. The number of benzene rings is 2. The van der Waals surface area contributed by atoms with Crippen LogP contribution in [0.4, 0.5) is 4.39 Å². The molecule has 178 valence electrons. The molecule has 7 heteroatoms. The molecule has 2 heterocycles. The van der Waals surface area contributed by atoms with Crippen molar-refractivity contribution in [3.05, 3.63) is 89.6 Å². The van der Waals surface area contributed by atoms with Gasteiger partial charge in [-0.1, -0.05) is 29.4 Å². The van der Waals surface area contributed by atoms with Gasteiger partial charge in [-0.3, -0.25) is 9.69 Å². The Morgan fingerprint density at radius 2 is 2.09 bits per heavy atom. The fourth-order valence-corrected chi connectivity index (χ4v) is 4.15. The highest BCUT2D eigenvalue weighted by atomic mass is 19.1. The van der Waals surface area contributed by atoms with Crippen molar-refractivity contribution in [2.45, 2.75) is 25.9 Å². The minimum absolute atomic E-state index is 0.0481. The van der Waals surface area contributed by atoms with Crippen molar-refractivity contribution in [2.75, 3.05) is 26.7 Å². The predicted molar refractivity (Wildman–Crippen MR) is 128 cm³/mol. The number of rotatable bonds is 9. The van der Waals surface area contributed by atoms with Crippen LogP contribution >= 0.6 is 0 Å². The van der Waals surface area contributed by atoms with Crippen LogP contribution in [0.1, 0.15) is 29.7 Å². The van der Waals surface area contributed by atoms with Crippen LogP contribution in [0.2, 0.25) is 0 Å². The molecule has 34 heavy (non-hydrogen) atoms. The van der Waals surface area contributed by atoms with Crippen LogP contribution in [0.15, 0.2) is 71.5 Å². The van der Waals surface area contributed by atoms with Crippen LogP contribution in [0, 0.1) is 11.7 Å². The molecule has 4 rings (SSSR count). The fourth-order valence-electron chi connectivity index (χ4n) is 4.15. The number of ether oxygens (including phenoxy) is 1. The monoisotopic (exact) mass is 463 g/mol. The van der Waals surface area contributed by atoms with E-state index >= 15 is 0 Å². The van der Waals surface area contributed by atoms with E-state index < -0.39 is 0 Å². The Labute approximate surface area is 199 Å². The Bertz CT molecular complexity index is 1080. The number of carbonyl (C=O) groups excluding carboxylic acids is 1. The van der Waals surface area contributed by atoms with Crippen molar-refractivity contribution >= 4 is 12.0 Å². The summed E-state index contributed by atoms with van der Waals surface area (Å²) in [5, 5.41) is 3.95. The van der Waals surface area contributed by atoms with Gasteiger partial charge >= 0.3 is 0 Å². The number of piperidine rings is 1. The number of nitrogens with zero attached hydrogens (tertiary/aromatic N) is 3. The van der Waals surface area contributed by atoms with E-state index in [4.69, 9.17) is 9.26 Å². The van der Waals surface area contributed by atoms with Crippen molar-refractivity contribution in [3.63, 3.8) is 0 Å². The molecule has 0 bridgehead atoms. The molecule has 3 aromatic rings. The van der Waals surface area contributed by atoms with Crippen LogP contribution in [-0.4, -0.2) is 47.6 Å². The Morgan fingerprint density at radius 3 is 2.85 bits per heavy atom. The van der Waals surface area contributed by atoms with Gasteiger partial charge < -0.3 is 14.2 Å². The second-order valence-corrected chi connectivity index (χ2v) is 8.80. The van der Waals surface area contributed by atoms with Crippen LogP contribution < -0.4 is 4.74 Å². The molecule has 0 unspecified atom stereocenters. The summed E-state index contributed by atoms with van der Waals surface area (Å²) in [6, 6.07) is 16.2. The lowest BCUT2D eigenvalue weighted by Crippen LogP contribution is -2.40. The molecule has 6 nitrogen and oxygen atoms in total. The Hall–Kier alpha value is -3.45. The van der Waals surface area contributed by atoms with Crippen LogP contribution in [0.5, 0.6) is 5.75 Å². The molecule has 0 spiro atoms. The summed E-state index contributed by atoms with van der Waals surface area (Å²) in [4.78, 5) is 16.6. The lowest BCUT2D eigenvalue weighted by Gasteiger charge is -2.32.